The maximum atomic E-state index is 11.8. The van der Waals surface area contributed by atoms with Crippen LogP contribution in [0.15, 0.2) is 0 Å². The Morgan fingerprint density at radius 1 is 0.578 bits per heavy atom. The molecule has 5 aliphatic heterocycles. The summed E-state index contributed by atoms with van der Waals surface area (Å²) in [6, 6.07) is 0. The first-order valence-corrected chi connectivity index (χ1v) is 23.9. The van der Waals surface area contributed by atoms with Gasteiger partial charge in [0.1, 0.15) is 73.2 Å². The molecule has 64 heavy (non-hydrogen) atoms. The summed E-state index contributed by atoms with van der Waals surface area (Å²) in [5.41, 5.74) is 0.0147. The van der Waals surface area contributed by atoms with Gasteiger partial charge in [0.15, 0.2) is 24.7 Å². The second-order valence-corrected chi connectivity index (χ2v) is 21.7. The Kier molecular flexibility index (Phi) is 13.7. The Balaban J connectivity index is 0.848. The zero-order chi connectivity index (χ0) is 45.8. The van der Waals surface area contributed by atoms with Crippen LogP contribution in [0.2, 0.25) is 0 Å². The molecule has 0 radical (unpaired) electrons. The van der Waals surface area contributed by atoms with Crippen molar-refractivity contribution in [2.75, 3.05) is 26.4 Å². The number of hydrogen-bond acceptors (Lipinski definition) is 19. The van der Waals surface area contributed by atoms with Crippen molar-refractivity contribution in [1.82, 2.24) is 0 Å². The van der Waals surface area contributed by atoms with Crippen molar-refractivity contribution in [3.63, 3.8) is 0 Å². The fourth-order valence-corrected chi connectivity index (χ4v) is 14.7. The van der Waals surface area contributed by atoms with Crippen molar-refractivity contribution in [2.24, 2.45) is 52.3 Å². The molecule has 9 fully saturated rings. The van der Waals surface area contributed by atoms with E-state index >= 15 is 0 Å². The first-order valence-electron chi connectivity index (χ1n) is 23.9. The lowest BCUT2D eigenvalue weighted by atomic mass is 9.44. The highest BCUT2D eigenvalue weighted by Crippen LogP contribution is 2.71. The highest BCUT2D eigenvalue weighted by molar-refractivity contribution is 5.16. The largest absolute Gasteiger partial charge is 0.394 e. The molecule has 0 aromatic rings. The molecule has 368 valence electrons. The predicted molar refractivity (Wildman–Crippen MR) is 217 cm³/mol. The van der Waals surface area contributed by atoms with Gasteiger partial charge in [-0.2, -0.15) is 0 Å². The number of hydrogen-bond donors (Lipinski definition) is 11. The van der Waals surface area contributed by atoms with E-state index in [4.69, 9.17) is 37.9 Å². The molecule has 19 nitrogen and oxygen atoms in total. The third-order valence-electron chi connectivity index (χ3n) is 18.3. The highest BCUT2D eigenvalue weighted by atomic mass is 16.8. The number of rotatable bonds is 9. The fourth-order valence-electron chi connectivity index (χ4n) is 14.7. The minimum atomic E-state index is -1.91. The fraction of sp³-hybridized carbons (Fsp3) is 1.00. The van der Waals surface area contributed by atoms with Crippen LogP contribution in [0.3, 0.4) is 0 Å². The van der Waals surface area contributed by atoms with Crippen LogP contribution >= 0.6 is 0 Å². The van der Waals surface area contributed by atoms with Crippen LogP contribution in [-0.4, -0.2) is 199 Å². The van der Waals surface area contributed by atoms with Gasteiger partial charge in [-0.25, -0.2) is 0 Å². The van der Waals surface area contributed by atoms with Crippen molar-refractivity contribution in [3.05, 3.63) is 0 Å². The van der Waals surface area contributed by atoms with E-state index in [1.807, 2.05) is 0 Å². The zero-order valence-corrected chi connectivity index (χ0v) is 37.3. The SMILES string of the molecule is C[C@@H]1CC[C@@]2(OC1)O[C@H]1C[C@H]3[C@@H]4CC[C@H]5C[C@@H](O[C@H]6O[C@@H](CO)[C@H](O[C@@H]7O[C@H](CO)[C@@H](O)[C@H](O)[C@@H]7O[C@@H]7O[C@H](CO)[C@H](O)[C@@H](O)[C@@H]7O)[C@@H](O)[C@@H]6O)[C@@H](O)C[C@@]5(C)[C@@H]4CC[C@@]3(C)[C@H]1[C@@H]2C. The summed E-state index contributed by atoms with van der Waals surface area (Å²) in [6.07, 6.45) is -18.5. The van der Waals surface area contributed by atoms with Crippen molar-refractivity contribution >= 4 is 0 Å². The normalized spacial score (nSPS) is 58.6. The van der Waals surface area contributed by atoms with Crippen molar-refractivity contribution in [3.8, 4) is 0 Å². The van der Waals surface area contributed by atoms with Gasteiger partial charge in [-0.1, -0.05) is 27.7 Å². The summed E-state index contributed by atoms with van der Waals surface area (Å²) in [4.78, 5) is 0. The van der Waals surface area contributed by atoms with Crippen LogP contribution in [0.5, 0.6) is 0 Å². The van der Waals surface area contributed by atoms with Crippen molar-refractivity contribution < 1.29 is 94.1 Å². The second-order valence-electron chi connectivity index (χ2n) is 21.7. The van der Waals surface area contributed by atoms with Gasteiger partial charge in [0.25, 0.3) is 0 Å². The monoisotopic (exact) mass is 918 g/mol. The molecule has 9 aliphatic rings. The lowest BCUT2D eigenvalue weighted by Gasteiger charge is -2.62. The number of aliphatic hydroxyl groups is 11. The van der Waals surface area contributed by atoms with Crippen LogP contribution in [0, 0.1) is 52.3 Å². The molecule has 28 atom stereocenters. The lowest BCUT2D eigenvalue weighted by Crippen LogP contribution is -2.67. The molecule has 4 aliphatic carbocycles. The molecule has 11 N–H and O–H groups in total. The minimum absolute atomic E-state index is 0.144. The smallest absolute Gasteiger partial charge is 0.187 e. The van der Waals surface area contributed by atoms with E-state index in [2.05, 4.69) is 27.7 Å². The molecule has 5 heterocycles. The van der Waals surface area contributed by atoms with E-state index in [0.717, 1.165) is 51.6 Å². The van der Waals surface area contributed by atoms with E-state index < -0.39 is 130 Å². The van der Waals surface area contributed by atoms with Crippen LogP contribution in [0.1, 0.15) is 85.5 Å². The van der Waals surface area contributed by atoms with Gasteiger partial charge in [0, 0.05) is 12.3 Å². The van der Waals surface area contributed by atoms with E-state index in [0.29, 0.717) is 48.3 Å². The molecule has 0 bridgehead atoms. The van der Waals surface area contributed by atoms with Gasteiger partial charge >= 0.3 is 0 Å². The summed E-state index contributed by atoms with van der Waals surface area (Å²) >= 11 is 0. The molecule has 19 heteroatoms. The van der Waals surface area contributed by atoms with Crippen molar-refractivity contribution in [2.45, 2.75) is 202 Å². The van der Waals surface area contributed by atoms with Gasteiger partial charge in [0.2, 0.25) is 0 Å². The molecule has 5 saturated heterocycles. The minimum Gasteiger partial charge on any atom is -0.394 e. The topological polar surface area (TPSA) is 296 Å². The molecular formula is C45H74O19. The maximum absolute atomic E-state index is 11.8. The van der Waals surface area contributed by atoms with E-state index in [-0.39, 0.29) is 22.9 Å². The quantitative estimate of drug-likeness (QED) is 0.114. The van der Waals surface area contributed by atoms with Crippen molar-refractivity contribution in [1.29, 1.82) is 0 Å². The maximum Gasteiger partial charge on any atom is 0.187 e. The Labute approximate surface area is 373 Å². The highest BCUT2D eigenvalue weighted by Gasteiger charge is 2.69. The zero-order valence-electron chi connectivity index (χ0n) is 37.3. The number of ether oxygens (including phenoxy) is 8. The lowest BCUT2D eigenvalue weighted by molar-refractivity contribution is -0.391. The van der Waals surface area contributed by atoms with Crippen LogP contribution in [0.4, 0.5) is 0 Å². The summed E-state index contributed by atoms with van der Waals surface area (Å²) in [6.45, 7) is 7.85. The standard InChI is InChI=1S/C45H74O19/c1-18-7-10-45(57-17-18)19(2)30-26(64-45)12-23-21-6-5-20-11-25(24(49)13-44(20,4)22(21)8-9-43(23,30)3)58-40-37(56)35(54)38(29(16-48)61-40)62-42-39(34(53)32(51)28(15-47)60-42)63-41-36(55)33(52)31(50)27(14-46)59-41/h18-42,46-56H,5-17H2,1-4H3/t18-,19+,20+,21-,22-,23+,24+,25-,26+,27-,28-,29+,30+,31+,32-,33-,34+,35+,36+,37+,38+,39+,40+,41+,42+,43-,44-,45-/m1/s1. The Hall–Kier alpha value is -0.760. The molecule has 0 aromatic carbocycles. The van der Waals surface area contributed by atoms with Crippen LogP contribution < -0.4 is 0 Å². The third-order valence-corrected chi connectivity index (χ3v) is 18.3. The van der Waals surface area contributed by atoms with Gasteiger partial charge in [-0.15, -0.1) is 0 Å². The molecule has 0 unspecified atom stereocenters. The van der Waals surface area contributed by atoms with Gasteiger partial charge in [-0.05, 0) is 97.7 Å². The Morgan fingerprint density at radius 2 is 1.19 bits per heavy atom. The van der Waals surface area contributed by atoms with Crippen LogP contribution in [0.25, 0.3) is 0 Å². The van der Waals surface area contributed by atoms with Crippen LogP contribution in [-0.2, 0) is 37.9 Å². The summed E-state index contributed by atoms with van der Waals surface area (Å²) in [5.74, 6) is 2.57. The molecule has 0 aromatic heterocycles. The second kappa shape index (κ2) is 18.2. The van der Waals surface area contributed by atoms with Gasteiger partial charge in [-0.3, -0.25) is 0 Å². The van der Waals surface area contributed by atoms with Gasteiger partial charge in [0.05, 0.1) is 44.7 Å². The Bertz CT molecular complexity index is 1600. The third kappa shape index (κ3) is 7.85. The van der Waals surface area contributed by atoms with Gasteiger partial charge < -0.3 is 94.1 Å². The molecule has 9 rings (SSSR count). The number of aliphatic hydroxyl groups excluding tert-OH is 11. The Morgan fingerprint density at radius 3 is 1.86 bits per heavy atom. The first kappa shape index (κ1) is 48.3. The average molecular weight is 919 g/mol. The predicted octanol–water partition coefficient (Wildman–Crippen LogP) is -1.76. The van der Waals surface area contributed by atoms with E-state index in [1.54, 1.807) is 0 Å². The van der Waals surface area contributed by atoms with E-state index in [9.17, 15) is 56.2 Å². The molecule has 1 spiro atoms. The average Bonchev–Trinajstić information content (AvgIpc) is 3.72. The molecular weight excluding hydrogens is 844 g/mol. The molecule has 0 amide bonds. The summed E-state index contributed by atoms with van der Waals surface area (Å²) < 4.78 is 48.7. The number of fused-ring (bicyclic) bond motifs is 7. The summed E-state index contributed by atoms with van der Waals surface area (Å²) in [5, 5.41) is 118. The van der Waals surface area contributed by atoms with E-state index in [1.165, 1.54) is 0 Å². The molecule has 4 saturated carbocycles. The first-order chi connectivity index (χ1) is 30.4. The summed E-state index contributed by atoms with van der Waals surface area (Å²) in [7, 11) is 0.